The van der Waals surface area contributed by atoms with Crippen molar-refractivity contribution in [3.63, 3.8) is 0 Å². The highest BCUT2D eigenvalue weighted by molar-refractivity contribution is 5.79. The summed E-state index contributed by atoms with van der Waals surface area (Å²) >= 11 is 0. The van der Waals surface area contributed by atoms with Crippen LogP contribution < -0.4 is 0 Å². The van der Waals surface area contributed by atoms with Crippen LogP contribution in [0.15, 0.2) is 12.7 Å². The van der Waals surface area contributed by atoms with Gasteiger partial charge in [0, 0.05) is 37.0 Å². The van der Waals surface area contributed by atoms with E-state index in [2.05, 4.69) is 6.58 Å². The molecule has 5 nitrogen and oxygen atoms in total. The molecule has 3 aliphatic heterocycles. The molecule has 3 fully saturated rings. The molecule has 0 spiro atoms. The van der Waals surface area contributed by atoms with Crippen LogP contribution in [0.4, 0.5) is 4.79 Å². The molecule has 2 unspecified atom stereocenters. The van der Waals surface area contributed by atoms with E-state index in [1.54, 1.807) is 0 Å². The lowest BCUT2D eigenvalue weighted by molar-refractivity contribution is -0.130. The average molecular weight is 320 g/mol. The second-order valence-corrected chi connectivity index (χ2v) is 8.14. The molecule has 3 heterocycles. The summed E-state index contributed by atoms with van der Waals surface area (Å²) < 4.78 is 5.57. The zero-order valence-electron chi connectivity index (χ0n) is 14.5. The number of rotatable bonds is 2. The molecule has 3 aliphatic rings. The summed E-state index contributed by atoms with van der Waals surface area (Å²) in [6.45, 7) is 10.3. The smallest absolute Gasteiger partial charge is 0.410 e. The molecule has 0 saturated carbocycles. The third-order valence-electron chi connectivity index (χ3n) is 5.27. The van der Waals surface area contributed by atoms with Gasteiger partial charge in [-0.3, -0.25) is 4.79 Å². The Morgan fingerprint density at radius 3 is 2.30 bits per heavy atom. The van der Waals surface area contributed by atoms with Gasteiger partial charge in [0.2, 0.25) is 5.91 Å². The van der Waals surface area contributed by atoms with Crippen molar-refractivity contribution in [2.24, 2.45) is 5.92 Å². The van der Waals surface area contributed by atoms with E-state index in [1.165, 1.54) is 0 Å². The lowest BCUT2D eigenvalue weighted by Crippen LogP contribution is -2.53. The van der Waals surface area contributed by atoms with E-state index in [0.29, 0.717) is 6.42 Å². The van der Waals surface area contributed by atoms with Crippen LogP contribution in [0, 0.1) is 5.92 Å². The number of carbonyl (C=O) groups excluding carboxylic acids is 2. The second-order valence-electron chi connectivity index (χ2n) is 8.14. The van der Waals surface area contributed by atoms with Gasteiger partial charge in [0.25, 0.3) is 0 Å². The van der Waals surface area contributed by atoms with Gasteiger partial charge in [-0.2, -0.15) is 0 Å². The number of hydrogen-bond donors (Lipinski definition) is 0. The van der Waals surface area contributed by atoms with Gasteiger partial charge in [-0.1, -0.05) is 6.08 Å². The summed E-state index contributed by atoms with van der Waals surface area (Å²) in [6, 6.07) is 0.692. The fourth-order valence-corrected chi connectivity index (χ4v) is 4.29. The van der Waals surface area contributed by atoms with Crippen molar-refractivity contribution in [2.75, 3.05) is 6.54 Å². The highest BCUT2D eigenvalue weighted by Gasteiger charge is 2.47. The van der Waals surface area contributed by atoms with Crippen LogP contribution in [0.5, 0.6) is 0 Å². The molecule has 0 aromatic carbocycles. The van der Waals surface area contributed by atoms with Gasteiger partial charge in [0.15, 0.2) is 0 Å². The number of carbonyl (C=O) groups is 2. The van der Waals surface area contributed by atoms with Crippen LogP contribution in [0.2, 0.25) is 0 Å². The summed E-state index contributed by atoms with van der Waals surface area (Å²) in [4.78, 5) is 28.7. The van der Waals surface area contributed by atoms with E-state index < -0.39 is 5.60 Å². The highest BCUT2D eigenvalue weighted by atomic mass is 16.6. The van der Waals surface area contributed by atoms with Crippen LogP contribution in [-0.2, 0) is 9.53 Å². The predicted octanol–water partition coefficient (Wildman–Crippen LogP) is 2.95. The second kappa shape index (κ2) is 5.84. The van der Waals surface area contributed by atoms with Crippen molar-refractivity contribution in [3.8, 4) is 0 Å². The summed E-state index contributed by atoms with van der Waals surface area (Å²) in [7, 11) is 0. The van der Waals surface area contributed by atoms with Gasteiger partial charge in [-0.25, -0.2) is 4.79 Å². The first kappa shape index (κ1) is 16.3. The van der Waals surface area contributed by atoms with E-state index in [-0.39, 0.29) is 36.0 Å². The van der Waals surface area contributed by atoms with Gasteiger partial charge >= 0.3 is 6.09 Å². The number of nitrogens with zero attached hydrogens (tertiary/aromatic N) is 2. The van der Waals surface area contributed by atoms with Crippen LogP contribution in [-0.4, -0.2) is 52.1 Å². The summed E-state index contributed by atoms with van der Waals surface area (Å²) in [5.41, 5.74) is -0.463. The molecule has 23 heavy (non-hydrogen) atoms. The SMILES string of the molecule is C=CC1CC(=O)N(C2C[C@H]3CC[C@@H](C2)N3C(=O)OC(C)(C)C)C1. The Morgan fingerprint density at radius 2 is 1.83 bits per heavy atom. The highest BCUT2D eigenvalue weighted by Crippen LogP contribution is 2.40. The normalized spacial score (nSPS) is 34.0. The molecule has 0 aromatic rings. The minimum Gasteiger partial charge on any atom is -0.444 e. The van der Waals surface area contributed by atoms with Gasteiger partial charge in [0.05, 0.1) is 0 Å². The van der Waals surface area contributed by atoms with Crippen molar-refractivity contribution in [3.05, 3.63) is 12.7 Å². The Labute approximate surface area is 138 Å². The first-order valence-electron chi connectivity index (χ1n) is 8.72. The molecule has 0 aromatic heterocycles. The quantitative estimate of drug-likeness (QED) is 0.735. The van der Waals surface area contributed by atoms with E-state index in [1.807, 2.05) is 36.6 Å². The van der Waals surface area contributed by atoms with Gasteiger partial charge in [-0.15, -0.1) is 6.58 Å². The zero-order chi connectivity index (χ0) is 16.8. The Bertz CT molecular complexity index is 497. The maximum atomic E-state index is 12.5. The lowest BCUT2D eigenvalue weighted by Gasteiger charge is -2.42. The van der Waals surface area contributed by atoms with Crippen LogP contribution in [0.1, 0.15) is 52.9 Å². The minimum absolute atomic E-state index is 0.194. The molecule has 0 N–H and O–H groups in total. The van der Waals surface area contributed by atoms with Crippen molar-refractivity contribution in [1.29, 1.82) is 0 Å². The number of ether oxygens (including phenoxy) is 1. The molecule has 0 radical (unpaired) electrons. The average Bonchev–Trinajstić information content (AvgIpc) is 2.95. The van der Waals surface area contributed by atoms with Crippen molar-refractivity contribution >= 4 is 12.0 Å². The Hall–Kier alpha value is -1.52. The van der Waals surface area contributed by atoms with Crippen LogP contribution in [0.3, 0.4) is 0 Å². The molecule has 128 valence electrons. The van der Waals surface area contributed by atoms with E-state index in [9.17, 15) is 9.59 Å². The Balaban J connectivity index is 1.66. The molecular formula is C18H28N2O3. The number of fused-ring (bicyclic) bond motifs is 2. The largest absolute Gasteiger partial charge is 0.444 e. The molecule has 3 rings (SSSR count). The minimum atomic E-state index is -0.463. The Kier molecular flexibility index (Phi) is 4.15. The fraction of sp³-hybridized carbons (Fsp3) is 0.778. The fourth-order valence-electron chi connectivity index (χ4n) is 4.29. The maximum absolute atomic E-state index is 12.5. The van der Waals surface area contributed by atoms with E-state index in [4.69, 9.17) is 4.74 Å². The summed E-state index contributed by atoms with van der Waals surface area (Å²) in [5.74, 6) is 0.522. The number of likely N-dealkylation sites (tertiary alicyclic amines) is 1. The zero-order valence-corrected chi connectivity index (χ0v) is 14.5. The molecule has 3 saturated heterocycles. The first-order valence-corrected chi connectivity index (χ1v) is 8.72. The number of piperidine rings is 1. The van der Waals surface area contributed by atoms with E-state index in [0.717, 1.165) is 32.2 Å². The first-order chi connectivity index (χ1) is 10.8. The van der Waals surface area contributed by atoms with Crippen LogP contribution >= 0.6 is 0 Å². The maximum Gasteiger partial charge on any atom is 0.410 e. The topological polar surface area (TPSA) is 49.9 Å². The number of hydrogen-bond acceptors (Lipinski definition) is 3. The van der Waals surface area contributed by atoms with Gasteiger partial charge in [0.1, 0.15) is 5.60 Å². The molecule has 5 heteroatoms. The van der Waals surface area contributed by atoms with Crippen molar-refractivity contribution in [2.45, 2.75) is 76.6 Å². The van der Waals surface area contributed by atoms with Crippen molar-refractivity contribution in [1.82, 2.24) is 9.80 Å². The lowest BCUT2D eigenvalue weighted by atomic mass is 9.96. The molecule has 2 amide bonds. The van der Waals surface area contributed by atoms with Crippen molar-refractivity contribution < 1.29 is 14.3 Å². The monoisotopic (exact) mass is 320 g/mol. The predicted molar refractivity (Wildman–Crippen MR) is 87.9 cm³/mol. The molecule has 0 aliphatic carbocycles. The molecular weight excluding hydrogens is 292 g/mol. The summed E-state index contributed by atoms with van der Waals surface area (Å²) in [5, 5.41) is 0. The summed E-state index contributed by atoms with van der Waals surface area (Å²) in [6.07, 6.45) is 6.09. The molecule has 4 atom stereocenters. The standard InChI is InChI=1S/C18H28N2O3/c1-5-12-8-16(21)19(11-12)15-9-13-6-7-14(10-15)20(13)17(22)23-18(2,3)4/h5,12-15H,1,6-11H2,2-4H3/t12?,13-,14+,15?. The molecule has 2 bridgehead atoms. The number of amides is 2. The van der Waals surface area contributed by atoms with E-state index >= 15 is 0 Å². The third-order valence-corrected chi connectivity index (χ3v) is 5.27. The Morgan fingerprint density at radius 1 is 1.22 bits per heavy atom. The van der Waals surface area contributed by atoms with Crippen LogP contribution in [0.25, 0.3) is 0 Å². The van der Waals surface area contributed by atoms with Gasteiger partial charge in [-0.05, 0) is 46.5 Å². The third kappa shape index (κ3) is 3.24. The van der Waals surface area contributed by atoms with Gasteiger partial charge < -0.3 is 14.5 Å².